The van der Waals surface area contributed by atoms with Crippen LogP contribution in [0.2, 0.25) is 5.82 Å². The Kier molecular flexibility index (Phi) is 5.96. The average Bonchev–Trinajstić information content (AvgIpc) is 2.72. The highest BCUT2D eigenvalue weighted by molar-refractivity contribution is 6.11. The predicted molar refractivity (Wildman–Crippen MR) is 96.0 cm³/mol. The van der Waals surface area contributed by atoms with Crippen molar-refractivity contribution in [2.45, 2.75) is 90.8 Å². The molecule has 1 saturated carbocycles. The lowest BCUT2D eigenvalue weighted by atomic mass is 9.68. The largest absolute Gasteiger partial charge is 0.288 e. The highest BCUT2D eigenvalue weighted by Crippen LogP contribution is 2.38. The van der Waals surface area contributed by atoms with Gasteiger partial charge in [-0.15, -0.1) is 0 Å². The van der Waals surface area contributed by atoms with Gasteiger partial charge in [0.2, 0.25) is 0 Å². The molecule has 0 N–H and O–H groups in total. The fraction of sp³-hybridized carbons (Fsp3) is 0.944. The van der Waals surface area contributed by atoms with Crippen LogP contribution >= 0.6 is 0 Å². The molecule has 126 valence electrons. The maximum absolute atomic E-state index is 14.3. The number of rotatable bonds is 5. The van der Waals surface area contributed by atoms with Crippen LogP contribution in [0.5, 0.6) is 0 Å². The van der Waals surface area contributed by atoms with Crippen LogP contribution in [0.25, 0.3) is 0 Å². The molecule has 5 atom stereocenters. The molecule has 2 nitrogen and oxygen atoms in total. The Hall–Kier alpha value is -0.535. The first kappa shape index (κ1) is 17.8. The summed E-state index contributed by atoms with van der Waals surface area (Å²) >= 11 is 0. The summed E-state index contributed by atoms with van der Waals surface area (Å²) < 4.78 is 14.3. The first-order valence-corrected chi connectivity index (χ1v) is 9.28. The molecule has 1 heterocycles. The fourth-order valence-electron chi connectivity index (χ4n) is 4.25. The van der Waals surface area contributed by atoms with Crippen molar-refractivity contribution in [3.05, 3.63) is 0 Å². The van der Waals surface area contributed by atoms with Crippen molar-refractivity contribution in [1.82, 2.24) is 5.01 Å². The highest BCUT2D eigenvalue weighted by Gasteiger charge is 2.37. The third-order valence-corrected chi connectivity index (χ3v) is 6.42. The molecule has 5 unspecified atom stereocenters. The smallest absolute Gasteiger partial charge is 0.119 e. The summed E-state index contributed by atoms with van der Waals surface area (Å²) in [6, 6.07) is 0.256. The second-order valence-electron chi connectivity index (χ2n) is 8.13. The summed E-state index contributed by atoms with van der Waals surface area (Å²) in [7, 11) is 2.36. The van der Waals surface area contributed by atoms with Gasteiger partial charge >= 0.3 is 0 Å². The lowest BCUT2D eigenvalue weighted by Crippen LogP contribution is -2.43. The number of hydrogen-bond donors (Lipinski definition) is 0. The second kappa shape index (κ2) is 7.36. The Morgan fingerprint density at radius 1 is 1.23 bits per heavy atom. The van der Waals surface area contributed by atoms with E-state index in [1.54, 1.807) is 6.92 Å². The molecule has 0 saturated heterocycles. The summed E-state index contributed by atoms with van der Waals surface area (Å²) in [5.41, 5.74) is 1.15. The van der Waals surface area contributed by atoms with Gasteiger partial charge in [-0.2, -0.15) is 5.10 Å². The van der Waals surface area contributed by atoms with Gasteiger partial charge in [-0.1, -0.05) is 45.3 Å². The van der Waals surface area contributed by atoms with Gasteiger partial charge in [0.1, 0.15) is 14.0 Å². The maximum atomic E-state index is 14.3. The van der Waals surface area contributed by atoms with Crippen LogP contribution in [0.3, 0.4) is 0 Å². The Labute approximate surface area is 137 Å². The van der Waals surface area contributed by atoms with Crippen molar-refractivity contribution in [3.63, 3.8) is 0 Å². The molecule has 0 aromatic rings. The molecule has 2 rings (SSSR count). The van der Waals surface area contributed by atoms with Gasteiger partial charge in [0, 0.05) is 11.6 Å². The molecule has 22 heavy (non-hydrogen) atoms. The molecule has 0 spiro atoms. The van der Waals surface area contributed by atoms with Crippen molar-refractivity contribution >= 4 is 13.6 Å². The summed E-state index contributed by atoms with van der Waals surface area (Å²) in [5.74, 6) is 2.69. The van der Waals surface area contributed by atoms with Crippen LogP contribution in [-0.2, 0) is 0 Å². The Bertz CT molecular complexity index is 391. The summed E-state index contributed by atoms with van der Waals surface area (Å²) in [6.07, 6.45) is 5.45. The minimum atomic E-state index is -0.825. The van der Waals surface area contributed by atoms with Crippen molar-refractivity contribution in [2.24, 2.45) is 22.9 Å². The van der Waals surface area contributed by atoms with Gasteiger partial charge < -0.3 is 0 Å². The average molecular weight is 308 g/mol. The van der Waals surface area contributed by atoms with E-state index >= 15 is 0 Å². The number of alkyl halides is 1. The third kappa shape index (κ3) is 3.86. The lowest BCUT2D eigenvalue weighted by molar-refractivity contribution is 0.0625. The predicted octanol–water partition coefficient (Wildman–Crippen LogP) is 4.07. The Morgan fingerprint density at radius 3 is 2.27 bits per heavy atom. The molecule has 1 fully saturated rings. The first-order chi connectivity index (χ1) is 10.3. The monoisotopic (exact) mass is 308 g/mol. The highest BCUT2D eigenvalue weighted by atomic mass is 19.1. The molecule has 4 heteroatoms. The van der Waals surface area contributed by atoms with Crippen molar-refractivity contribution in [3.8, 4) is 0 Å². The quantitative estimate of drug-likeness (QED) is 0.699. The van der Waals surface area contributed by atoms with E-state index in [9.17, 15) is 4.39 Å². The van der Waals surface area contributed by atoms with Crippen molar-refractivity contribution in [2.75, 3.05) is 0 Å². The van der Waals surface area contributed by atoms with E-state index in [0.29, 0.717) is 17.9 Å². The maximum Gasteiger partial charge on any atom is 0.119 e. The molecule has 1 aliphatic carbocycles. The van der Waals surface area contributed by atoms with E-state index in [2.05, 4.69) is 40.6 Å². The van der Waals surface area contributed by atoms with Crippen LogP contribution in [0, 0.1) is 17.8 Å². The first-order valence-electron chi connectivity index (χ1n) is 9.28. The third-order valence-electron chi connectivity index (χ3n) is 6.42. The molecular formula is C18H34BFN2. The standard InChI is InChI=1S/C18H34BFN2/c1-11(16-6-8-17(19)9-7-16)10-18(13(3)20)22-15(5)12(2)14(4)21-22/h11-13,15-18H,6-10,19H2,1-5H3. The Balaban J connectivity index is 2.00. The zero-order chi connectivity index (χ0) is 16.4. The van der Waals surface area contributed by atoms with Crippen LogP contribution in [0.4, 0.5) is 4.39 Å². The lowest BCUT2D eigenvalue weighted by Gasteiger charge is -2.37. The number of nitrogens with zero attached hydrogens (tertiary/aromatic N) is 2. The normalized spacial score (nSPS) is 36.8. The molecular weight excluding hydrogens is 274 g/mol. The van der Waals surface area contributed by atoms with Crippen molar-refractivity contribution < 1.29 is 4.39 Å². The van der Waals surface area contributed by atoms with Crippen molar-refractivity contribution in [1.29, 1.82) is 0 Å². The van der Waals surface area contributed by atoms with Crippen LogP contribution in [0.15, 0.2) is 5.10 Å². The van der Waals surface area contributed by atoms with Gasteiger partial charge in [0.15, 0.2) is 0 Å². The molecule has 1 aliphatic heterocycles. The topological polar surface area (TPSA) is 15.6 Å². The van der Waals surface area contributed by atoms with E-state index in [-0.39, 0.29) is 6.04 Å². The van der Waals surface area contributed by atoms with E-state index < -0.39 is 6.17 Å². The molecule has 2 aliphatic rings. The Morgan fingerprint density at radius 2 is 1.82 bits per heavy atom. The van der Waals surface area contributed by atoms with E-state index in [1.165, 1.54) is 25.7 Å². The molecule has 0 amide bonds. The van der Waals surface area contributed by atoms with E-state index in [1.807, 2.05) is 0 Å². The number of halogens is 1. The number of hydrogen-bond acceptors (Lipinski definition) is 2. The minimum Gasteiger partial charge on any atom is -0.288 e. The van der Waals surface area contributed by atoms with Crippen LogP contribution in [-0.4, -0.2) is 36.8 Å². The van der Waals surface area contributed by atoms with Gasteiger partial charge in [-0.05, 0) is 39.0 Å². The van der Waals surface area contributed by atoms with Gasteiger partial charge in [0.25, 0.3) is 0 Å². The van der Waals surface area contributed by atoms with Gasteiger partial charge in [0.05, 0.1) is 12.1 Å². The molecule has 0 aromatic carbocycles. The van der Waals surface area contributed by atoms with Crippen LogP contribution < -0.4 is 0 Å². The molecule has 0 radical (unpaired) electrons. The number of hydrazone groups is 1. The molecule has 0 aromatic heterocycles. The second-order valence-corrected chi connectivity index (χ2v) is 8.13. The van der Waals surface area contributed by atoms with Gasteiger partial charge in [-0.25, -0.2) is 4.39 Å². The van der Waals surface area contributed by atoms with Gasteiger partial charge in [-0.3, -0.25) is 5.01 Å². The molecule has 0 bridgehead atoms. The SMILES string of the molecule is BC1CCC(C(C)CC(C(C)F)N2N=C(C)C(C)C2C)CC1. The van der Waals surface area contributed by atoms with E-state index in [0.717, 1.165) is 23.9 Å². The zero-order valence-corrected chi connectivity index (χ0v) is 15.3. The van der Waals surface area contributed by atoms with Crippen LogP contribution in [0.1, 0.15) is 66.7 Å². The summed E-state index contributed by atoms with van der Waals surface area (Å²) in [6.45, 7) is 10.5. The minimum absolute atomic E-state index is 0.0655. The zero-order valence-electron chi connectivity index (χ0n) is 15.3. The summed E-state index contributed by atoms with van der Waals surface area (Å²) in [5, 5.41) is 6.77. The summed E-state index contributed by atoms with van der Waals surface area (Å²) in [4.78, 5) is 0. The van der Waals surface area contributed by atoms with E-state index in [4.69, 9.17) is 5.10 Å². The fourth-order valence-corrected chi connectivity index (χ4v) is 4.25.